The van der Waals surface area contributed by atoms with E-state index in [-0.39, 0.29) is 5.75 Å². The Morgan fingerprint density at radius 3 is 2.37 bits per heavy atom. The summed E-state index contributed by atoms with van der Waals surface area (Å²) < 4.78 is 25.6. The van der Waals surface area contributed by atoms with E-state index in [4.69, 9.17) is 5.73 Å². The van der Waals surface area contributed by atoms with Crippen LogP contribution in [0.15, 0.2) is 0 Å². The second-order valence-corrected chi connectivity index (χ2v) is 8.01. The molecule has 1 saturated carbocycles. The zero-order valence-electron chi connectivity index (χ0n) is 11.8. The average Bonchev–Trinajstić information content (AvgIpc) is 2.75. The van der Waals surface area contributed by atoms with Gasteiger partial charge in [-0.05, 0) is 38.5 Å². The van der Waals surface area contributed by atoms with Crippen molar-refractivity contribution in [3.63, 3.8) is 0 Å². The van der Waals surface area contributed by atoms with Crippen LogP contribution in [-0.4, -0.2) is 49.7 Å². The maximum atomic E-state index is 12.0. The van der Waals surface area contributed by atoms with Gasteiger partial charge in [-0.15, -0.1) is 0 Å². The van der Waals surface area contributed by atoms with Crippen molar-refractivity contribution < 1.29 is 8.42 Å². The normalized spacial score (nSPS) is 30.8. The maximum Gasteiger partial charge on any atom is 0.214 e. The molecule has 3 N–H and O–H groups in total. The van der Waals surface area contributed by atoms with Crippen LogP contribution in [0.5, 0.6) is 0 Å². The monoisotopic (exact) mass is 289 g/mol. The molecule has 2 aliphatic rings. The predicted octanol–water partition coefficient (Wildman–Crippen LogP) is 0.660. The molecule has 0 radical (unpaired) electrons. The number of hydrogen-bond acceptors (Lipinski definition) is 4. The molecule has 0 aromatic carbocycles. The maximum absolute atomic E-state index is 12.0. The first-order chi connectivity index (χ1) is 9.01. The topological polar surface area (TPSA) is 75.4 Å². The molecule has 112 valence electrons. The summed E-state index contributed by atoms with van der Waals surface area (Å²) in [6.07, 6.45) is 5.88. The lowest BCUT2D eigenvalue weighted by Crippen LogP contribution is -2.47. The van der Waals surface area contributed by atoms with E-state index in [1.807, 2.05) is 6.92 Å². The molecule has 1 saturated heterocycles. The number of rotatable bonds is 5. The van der Waals surface area contributed by atoms with Crippen molar-refractivity contribution in [3.8, 4) is 0 Å². The summed E-state index contributed by atoms with van der Waals surface area (Å²) in [6.45, 7) is 3.24. The van der Waals surface area contributed by atoms with Crippen molar-refractivity contribution in [2.75, 3.05) is 18.8 Å². The van der Waals surface area contributed by atoms with Gasteiger partial charge in [0.25, 0.3) is 0 Å². The van der Waals surface area contributed by atoms with Gasteiger partial charge in [0.05, 0.1) is 5.75 Å². The minimum absolute atomic E-state index is 0.280. The Labute approximate surface area is 117 Å². The third kappa shape index (κ3) is 4.15. The minimum Gasteiger partial charge on any atom is -0.328 e. The van der Waals surface area contributed by atoms with Crippen LogP contribution in [0.25, 0.3) is 0 Å². The van der Waals surface area contributed by atoms with E-state index in [0.29, 0.717) is 37.6 Å². The number of piperidine rings is 1. The van der Waals surface area contributed by atoms with Crippen LogP contribution in [0, 0.1) is 0 Å². The number of nitrogens with one attached hydrogen (secondary N) is 1. The number of nitrogens with two attached hydrogens (primary N) is 1. The number of sulfonamides is 1. The Hall–Kier alpha value is -0.170. The SMILES string of the molecule is CCCS(=O)(=O)N1CCC(NC2CCC(N)C2)CC1. The molecule has 2 atom stereocenters. The van der Waals surface area contributed by atoms with E-state index in [1.54, 1.807) is 4.31 Å². The Kier molecular flexibility index (Phi) is 5.22. The molecule has 0 bridgehead atoms. The number of hydrogen-bond donors (Lipinski definition) is 2. The highest BCUT2D eigenvalue weighted by Crippen LogP contribution is 2.21. The van der Waals surface area contributed by atoms with E-state index >= 15 is 0 Å². The van der Waals surface area contributed by atoms with Crippen LogP contribution >= 0.6 is 0 Å². The molecule has 5 nitrogen and oxygen atoms in total. The van der Waals surface area contributed by atoms with Gasteiger partial charge >= 0.3 is 0 Å². The lowest BCUT2D eigenvalue weighted by Gasteiger charge is -2.33. The van der Waals surface area contributed by atoms with Gasteiger partial charge in [-0.1, -0.05) is 6.92 Å². The fourth-order valence-electron chi connectivity index (χ4n) is 3.19. The summed E-state index contributed by atoms with van der Waals surface area (Å²) in [7, 11) is -3.01. The van der Waals surface area contributed by atoms with Crippen molar-refractivity contribution in [1.82, 2.24) is 9.62 Å². The highest BCUT2D eigenvalue weighted by Gasteiger charge is 2.29. The molecule has 19 heavy (non-hydrogen) atoms. The first-order valence-corrected chi connectivity index (χ1v) is 9.11. The smallest absolute Gasteiger partial charge is 0.214 e. The van der Waals surface area contributed by atoms with Crippen molar-refractivity contribution in [3.05, 3.63) is 0 Å². The van der Waals surface area contributed by atoms with Crippen molar-refractivity contribution >= 4 is 10.0 Å². The molecular formula is C13H27N3O2S. The average molecular weight is 289 g/mol. The molecule has 0 aromatic heterocycles. The van der Waals surface area contributed by atoms with Gasteiger partial charge in [-0.3, -0.25) is 0 Å². The largest absolute Gasteiger partial charge is 0.328 e. The molecule has 2 unspecified atom stereocenters. The molecule has 0 spiro atoms. The highest BCUT2D eigenvalue weighted by atomic mass is 32.2. The summed E-state index contributed by atoms with van der Waals surface area (Å²) >= 11 is 0. The summed E-state index contributed by atoms with van der Waals surface area (Å²) in [6, 6.07) is 1.35. The summed E-state index contributed by atoms with van der Waals surface area (Å²) in [5, 5.41) is 3.65. The van der Waals surface area contributed by atoms with Gasteiger partial charge < -0.3 is 11.1 Å². The molecule has 2 fully saturated rings. The van der Waals surface area contributed by atoms with Gasteiger partial charge in [0.2, 0.25) is 10.0 Å². The van der Waals surface area contributed by atoms with Crippen molar-refractivity contribution in [2.24, 2.45) is 5.73 Å². The molecule has 0 amide bonds. The Balaban J connectivity index is 1.76. The summed E-state index contributed by atoms with van der Waals surface area (Å²) in [5.74, 6) is 0.280. The molecular weight excluding hydrogens is 262 g/mol. The Morgan fingerprint density at radius 1 is 1.16 bits per heavy atom. The van der Waals surface area contributed by atoms with Gasteiger partial charge in [0, 0.05) is 31.2 Å². The summed E-state index contributed by atoms with van der Waals surface area (Å²) in [5.41, 5.74) is 5.92. The molecule has 1 aliphatic heterocycles. The summed E-state index contributed by atoms with van der Waals surface area (Å²) in [4.78, 5) is 0. The Bertz CT molecular complexity index is 377. The fourth-order valence-corrected chi connectivity index (χ4v) is 4.73. The van der Waals surface area contributed by atoms with E-state index in [2.05, 4.69) is 5.32 Å². The highest BCUT2D eigenvalue weighted by molar-refractivity contribution is 7.89. The zero-order chi connectivity index (χ0) is 13.9. The lowest BCUT2D eigenvalue weighted by atomic mass is 10.0. The van der Waals surface area contributed by atoms with Crippen LogP contribution < -0.4 is 11.1 Å². The van der Waals surface area contributed by atoms with Crippen LogP contribution in [-0.2, 0) is 10.0 Å². The number of nitrogens with zero attached hydrogens (tertiary/aromatic N) is 1. The van der Waals surface area contributed by atoms with Gasteiger partial charge in [0.1, 0.15) is 0 Å². The Morgan fingerprint density at radius 2 is 1.84 bits per heavy atom. The predicted molar refractivity (Wildman–Crippen MR) is 77.4 cm³/mol. The first-order valence-electron chi connectivity index (χ1n) is 7.50. The van der Waals surface area contributed by atoms with Crippen LogP contribution in [0.2, 0.25) is 0 Å². The third-order valence-corrected chi connectivity index (χ3v) is 6.33. The van der Waals surface area contributed by atoms with E-state index in [9.17, 15) is 8.42 Å². The fraction of sp³-hybridized carbons (Fsp3) is 1.00. The zero-order valence-corrected chi connectivity index (χ0v) is 12.7. The van der Waals surface area contributed by atoms with Gasteiger partial charge in [-0.25, -0.2) is 12.7 Å². The minimum atomic E-state index is -3.01. The van der Waals surface area contributed by atoms with Crippen LogP contribution in [0.3, 0.4) is 0 Å². The van der Waals surface area contributed by atoms with Crippen molar-refractivity contribution in [1.29, 1.82) is 0 Å². The standard InChI is InChI=1S/C13H27N3O2S/c1-2-9-19(17,18)16-7-5-12(6-8-16)15-13-4-3-11(14)10-13/h11-13,15H,2-10,14H2,1H3. The van der Waals surface area contributed by atoms with Crippen LogP contribution in [0.1, 0.15) is 45.4 Å². The quantitative estimate of drug-likeness (QED) is 0.779. The van der Waals surface area contributed by atoms with Crippen LogP contribution in [0.4, 0.5) is 0 Å². The molecule has 1 heterocycles. The third-order valence-electron chi connectivity index (χ3n) is 4.25. The first kappa shape index (κ1) is 15.2. The van der Waals surface area contributed by atoms with E-state index in [0.717, 1.165) is 32.1 Å². The second-order valence-electron chi connectivity index (χ2n) is 5.93. The molecule has 2 rings (SSSR count). The second kappa shape index (κ2) is 6.52. The lowest BCUT2D eigenvalue weighted by molar-refractivity contribution is 0.272. The van der Waals surface area contributed by atoms with Crippen molar-refractivity contribution in [2.45, 2.75) is 63.6 Å². The van der Waals surface area contributed by atoms with Gasteiger partial charge in [-0.2, -0.15) is 0 Å². The molecule has 0 aromatic rings. The molecule has 6 heteroatoms. The van der Waals surface area contributed by atoms with E-state index < -0.39 is 10.0 Å². The van der Waals surface area contributed by atoms with Gasteiger partial charge in [0.15, 0.2) is 0 Å². The molecule has 1 aliphatic carbocycles. The van der Waals surface area contributed by atoms with E-state index in [1.165, 1.54) is 0 Å².